The molecule has 1 aromatic heterocycles. The molecule has 0 radical (unpaired) electrons. The van der Waals surface area contributed by atoms with Crippen LogP contribution in [-0.4, -0.2) is 10.9 Å². The molecule has 0 aliphatic carbocycles. The minimum Gasteiger partial charge on any atom is -0.370 e. The number of pyridine rings is 1. The van der Waals surface area contributed by atoms with E-state index in [4.69, 9.17) is 11.1 Å². The van der Waals surface area contributed by atoms with Crippen LogP contribution in [0.25, 0.3) is 11.3 Å². The second kappa shape index (κ2) is 7.61. The molecule has 0 amide bonds. The van der Waals surface area contributed by atoms with E-state index >= 15 is 0 Å². The molecule has 102 valence electrons. The van der Waals surface area contributed by atoms with Gasteiger partial charge in [-0.2, -0.15) is 0 Å². The monoisotopic (exact) mass is 298 g/mol. The second-order valence-corrected chi connectivity index (χ2v) is 3.84. The van der Waals surface area contributed by atoms with Crippen LogP contribution in [0.15, 0.2) is 42.6 Å². The molecule has 2 aromatic rings. The summed E-state index contributed by atoms with van der Waals surface area (Å²) in [5, 5.41) is 9.95. The number of nitrogens with zero attached hydrogens (tertiary/aromatic N) is 1. The molecule has 0 bridgehead atoms. The Morgan fingerprint density at radius 3 is 2.58 bits per heavy atom. The van der Waals surface area contributed by atoms with E-state index in [0.717, 1.165) is 16.9 Å². The molecule has 4 N–H and O–H groups in total. The van der Waals surface area contributed by atoms with Crippen LogP contribution in [0.3, 0.4) is 0 Å². The van der Waals surface area contributed by atoms with Gasteiger partial charge in [-0.25, -0.2) is 0 Å². The lowest BCUT2D eigenvalue weighted by Crippen LogP contribution is -2.20. The Morgan fingerprint density at radius 1 is 1.21 bits per heavy atom. The van der Waals surface area contributed by atoms with Crippen molar-refractivity contribution in [3.63, 3.8) is 0 Å². The van der Waals surface area contributed by atoms with Gasteiger partial charge in [-0.05, 0) is 36.8 Å². The van der Waals surface area contributed by atoms with Crippen molar-refractivity contribution in [1.82, 2.24) is 4.98 Å². The van der Waals surface area contributed by atoms with Gasteiger partial charge in [-0.3, -0.25) is 10.4 Å². The van der Waals surface area contributed by atoms with Gasteiger partial charge in [-0.1, -0.05) is 12.1 Å². The fraction of sp³-hybridized carbons (Fsp3) is 0.0769. The van der Waals surface area contributed by atoms with Gasteiger partial charge in [0.05, 0.1) is 5.69 Å². The van der Waals surface area contributed by atoms with Crippen molar-refractivity contribution in [1.29, 1.82) is 5.41 Å². The van der Waals surface area contributed by atoms with Crippen LogP contribution in [0, 0.1) is 12.3 Å². The van der Waals surface area contributed by atoms with E-state index < -0.39 is 0 Å². The highest BCUT2D eigenvalue weighted by Gasteiger charge is 2.01. The fourth-order valence-electron chi connectivity index (χ4n) is 1.61. The van der Waals surface area contributed by atoms with E-state index in [1.54, 1.807) is 6.20 Å². The average molecular weight is 299 g/mol. The van der Waals surface area contributed by atoms with Crippen LogP contribution in [0.4, 0.5) is 5.69 Å². The molecule has 0 aliphatic heterocycles. The summed E-state index contributed by atoms with van der Waals surface area (Å²) in [7, 11) is 0. The summed E-state index contributed by atoms with van der Waals surface area (Å²) in [6.45, 7) is 2.03. The first kappa shape index (κ1) is 17.2. The third-order valence-electron chi connectivity index (χ3n) is 2.35. The summed E-state index contributed by atoms with van der Waals surface area (Å²) in [5.41, 5.74) is 9.16. The molecule has 6 heteroatoms. The molecule has 0 saturated heterocycles. The summed E-state index contributed by atoms with van der Waals surface area (Å²) in [4.78, 5) is 4.32. The van der Waals surface area contributed by atoms with Gasteiger partial charge in [0.2, 0.25) is 0 Å². The summed E-state index contributed by atoms with van der Waals surface area (Å²) in [6, 6.07) is 11.6. The fourth-order valence-corrected chi connectivity index (χ4v) is 1.61. The highest BCUT2D eigenvalue weighted by Crippen LogP contribution is 2.21. The first-order valence-corrected chi connectivity index (χ1v) is 5.29. The van der Waals surface area contributed by atoms with Crippen molar-refractivity contribution < 1.29 is 0 Å². The van der Waals surface area contributed by atoms with Gasteiger partial charge in [-0.15, -0.1) is 24.8 Å². The van der Waals surface area contributed by atoms with Crippen LogP contribution in [0.5, 0.6) is 0 Å². The van der Waals surface area contributed by atoms with Crippen molar-refractivity contribution in [2.75, 3.05) is 5.32 Å². The highest BCUT2D eigenvalue weighted by atomic mass is 35.5. The van der Waals surface area contributed by atoms with Crippen LogP contribution in [0.2, 0.25) is 0 Å². The number of halogens is 2. The summed E-state index contributed by atoms with van der Waals surface area (Å²) in [6.07, 6.45) is 1.79. The SMILES string of the molecule is Cc1ccnc(-c2cccc(NC(=N)N)c2)c1.Cl.Cl. The van der Waals surface area contributed by atoms with E-state index in [1.807, 2.05) is 43.3 Å². The average Bonchev–Trinajstić information content (AvgIpc) is 2.28. The molecular weight excluding hydrogens is 283 g/mol. The Balaban J connectivity index is 0.00000162. The van der Waals surface area contributed by atoms with Gasteiger partial charge in [0.25, 0.3) is 0 Å². The quantitative estimate of drug-likeness (QED) is 0.589. The molecule has 0 aliphatic rings. The predicted octanol–water partition coefficient (Wildman–Crippen LogP) is 3.21. The molecule has 0 atom stereocenters. The molecule has 0 fully saturated rings. The van der Waals surface area contributed by atoms with E-state index in [-0.39, 0.29) is 30.8 Å². The number of nitrogens with two attached hydrogens (primary N) is 1. The van der Waals surface area contributed by atoms with Crippen molar-refractivity contribution in [2.45, 2.75) is 6.92 Å². The minimum atomic E-state index is -0.0700. The van der Waals surface area contributed by atoms with Gasteiger partial charge < -0.3 is 11.1 Å². The zero-order valence-corrected chi connectivity index (χ0v) is 12.0. The van der Waals surface area contributed by atoms with Gasteiger partial charge in [0.15, 0.2) is 5.96 Å². The Morgan fingerprint density at radius 2 is 1.95 bits per heavy atom. The molecule has 4 nitrogen and oxygen atoms in total. The summed E-state index contributed by atoms with van der Waals surface area (Å²) < 4.78 is 0. The molecule has 1 aromatic carbocycles. The van der Waals surface area contributed by atoms with E-state index in [0.29, 0.717) is 0 Å². The maximum absolute atomic E-state index is 7.19. The molecule has 0 spiro atoms. The zero-order chi connectivity index (χ0) is 12.3. The van der Waals surface area contributed by atoms with E-state index in [1.165, 1.54) is 5.56 Å². The standard InChI is InChI=1S/C13H14N4.2ClH/c1-9-5-6-16-12(7-9)10-3-2-4-11(8-10)17-13(14)15;;/h2-8H,1H3,(H4,14,15,17);2*1H. The highest BCUT2D eigenvalue weighted by molar-refractivity contribution is 5.90. The normalized spacial score (nSPS) is 8.89. The number of nitrogens with one attached hydrogen (secondary N) is 2. The second-order valence-electron chi connectivity index (χ2n) is 3.84. The predicted molar refractivity (Wildman–Crippen MR) is 84.4 cm³/mol. The number of hydrogen-bond acceptors (Lipinski definition) is 2. The molecule has 0 saturated carbocycles. The third kappa shape index (κ3) is 4.77. The number of aryl methyl sites for hydroxylation is 1. The molecule has 0 unspecified atom stereocenters. The van der Waals surface area contributed by atoms with Crippen LogP contribution in [-0.2, 0) is 0 Å². The lowest BCUT2D eigenvalue weighted by Gasteiger charge is -2.06. The van der Waals surface area contributed by atoms with Gasteiger partial charge in [0.1, 0.15) is 0 Å². The van der Waals surface area contributed by atoms with E-state index in [2.05, 4.69) is 10.3 Å². The number of aromatic nitrogens is 1. The van der Waals surface area contributed by atoms with Gasteiger partial charge in [0, 0.05) is 17.4 Å². The lowest BCUT2D eigenvalue weighted by molar-refractivity contribution is 1.29. The largest absolute Gasteiger partial charge is 0.370 e. The van der Waals surface area contributed by atoms with Crippen LogP contribution < -0.4 is 11.1 Å². The Hall–Kier alpha value is -1.78. The Kier molecular flexibility index (Phi) is 6.90. The van der Waals surface area contributed by atoms with Gasteiger partial charge >= 0.3 is 0 Å². The van der Waals surface area contributed by atoms with Crippen molar-refractivity contribution in [3.8, 4) is 11.3 Å². The molecular formula is C13H16Cl2N4. The summed E-state index contributed by atoms with van der Waals surface area (Å²) in [5.74, 6) is -0.0700. The van der Waals surface area contributed by atoms with Crippen molar-refractivity contribution >= 4 is 36.5 Å². The lowest BCUT2D eigenvalue weighted by atomic mass is 10.1. The number of anilines is 1. The van der Waals surface area contributed by atoms with Crippen LogP contribution in [0.1, 0.15) is 5.56 Å². The van der Waals surface area contributed by atoms with Crippen LogP contribution >= 0.6 is 24.8 Å². The maximum atomic E-state index is 7.19. The zero-order valence-electron chi connectivity index (χ0n) is 10.4. The third-order valence-corrected chi connectivity index (χ3v) is 2.35. The van der Waals surface area contributed by atoms with Crippen molar-refractivity contribution in [2.24, 2.45) is 5.73 Å². The number of rotatable bonds is 2. The number of benzene rings is 1. The first-order chi connectivity index (χ1) is 8.15. The Bertz CT molecular complexity index is 558. The Labute approximate surface area is 124 Å². The molecule has 2 rings (SSSR count). The molecule has 19 heavy (non-hydrogen) atoms. The molecule has 1 heterocycles. The first-order valence-electron chi connectivity index (χ1n) is 5.29. The maximum Gasteiger partial charge on any atom is 0.190 e. The number of guanidine groups is 1. The summed E-state index contributed by atoms with van der Waals surface area (Å²) >= 11 is 0. The van der Waals surface area contributed by atoms with Crippen molar-refractivity contribution in [3.05, 3.63) is 48.2 Å². The minimum absolute atomic E-state index is 0. The van der Waals surface area contributed by atoms with E-state index in [9.17, 15) is 0 Å². The number of hydrogen-bond donors (Lipinski definition) is 3. The topological polar surface area (TPSA) is 74.8 Å². The smallest absolute Gasteiger partial charge is 0.190 e.